The summed E-state index contributed by atoms with van der Waals surface area (Å²) in [7, 11) is 3.32. The summed E-state index contributed by atoms with van der Waals surface area (Å²) in [6.45, 7) is 0.711. The van der Waals surface area contributed by atoms with Crippen LogP contribution in [0.5, 0.6) is 17.2 Å². The molecule has 2 atom stereocenters. The summed E-state index contributed by atoms with van der Waals surface area (Å²) < 4.78 is 16.5. The normalized spacial score (nSPS) is 21.5. The van der Waals surface area contributed by atoms with Gasteiger partial charge in [-0.15, -0.1) is 0 Å². The zero-order valence-electron chi connectivity index (χ0n) is 16.8. The average molecular weight is 386 g/mol. The highest BCUT2D eigenvalue weighted by molar-refractivity contribution is 5.38. The Morgan fingerprint density at radius 2 is 1.71 bits per heavy atom. The zero-order chi connectivity index (χ0) is 20.0. The van der Waals surface area contributed by atoms with Crippen molar-refractivity contribution in [2.75, 3.05) is 27.4 Å². The first-order valence-electron chi connectivity index (χ1n) is 9.90. The highest BCUT2D eigenvalue weighted by Gasteiger charge is 2.35. The number of aliphatic hydroxyl groups excluding tert-OH is 1. The van der Waals surface area contributed by atoms with Crippen LogP contribution in [-0.2, 0) is 6.42 Å². The van der Waals surface area contributed by atoms with Gasteiger partial charge in [0, 0.05) is 11.6 Å². The van der Waals surface area contributed by atoms with Crippen LogP contribution in [0.2, 0.25) is 0 Å². The van der Waals surface area contributed by atoms with E-state index in [1.807, 2.05) is 30.3 Å². The number of aryl methyl sites for hydroxylation is 1. The molecule has 0 radical (unpaired) electrons. The van der Waals surface area contributed by atoms with Crippen LogP contribution in [0.25, 0.3) is 0 Å². The van der Waals surface area contributed by atoms with Gasteiger partial charge in [0.2, 0.25) is 0 Å². The first-order chi connectivity index (χ1) is 13.5. The van der Waals surface area contributed by atoms with Crippen molar-refractivity contribution < 1.29 is 19.3 Å². The molecule has 0 saturated heterocycles. The van der Waals surface area contributed by atoms with Gasteiger partial charge in [-0.1, -0.05) is 12.1 Å². The van der Waals surface area contributed by atoms with E-state index in [2.05, 4.69) is 12.1 Å². The van der Waals surface area contributed by atoms with Gasteiger partial charge in [0.1, 0.15) is 17.2 Å². The summed E-state index contributed by atoms with van der Waals surface area (Å²) in [6.07, 6.45) is 4.55. The number of aliphatic hydroxyl groups is 1. The fourth-order valence-corrected chi connectivity index (χ4v) is 3.90. The van der Waals surface area contributed by atoms with Crippen LogP contribution in [0.3, 0.4) is 0 Å². The quantitative estimate of drug-likeness (QED) is 0.644. The van der Waals surface area contributed by atoms with E-state index in [0.29, 0.717) is 12.5 Å². The van der Waals surface area contributed by atoms with Crippen molar-refractivity contribution in [1.82, 2.24) is 0 Å². The largest absolute Gasteiger partial charge is 0.497 e. The fraction of sp³-hybridized carbons (Fsp3) is 0.478. The Morgan fingerprint density at radius 3 is 2.29 bits per heavy atom. The summed E-state index contributed by atoms with van der Waals surface area (Å²) >= 11 is 0. The molecule has 152 valence electrons. The van der Waals surface area contributed by atoms with Gasteiger partial charge in [-0.2, -0.15) is 0 Å². The number of hydrogen-bond donors (Lipinski definition) is 2. The zero-order valence-corrected chi connectivity index (χ0v) is 16.8. The van der Waals surface area contributed by atoms with Crippen molar-refractivity contribution >= 4 is 0 Å². The topological polar surface area (TPSA) is 73.9 Å². The molecule has 1 aliphatic carbocycles. The van der Waals surface area contributed by atoms with E-state index in [1.165, 1.54) is 11.1 Å². The molecule has 3 rings (SSSR count). The minimum Gasteiger partial charge on any atom is -0.497 e. The molecule has 0 spiro atoms. The van der Waals surface area contributed by atoms with Gasteiger partial charge in [-0.05, 0) is 73.4 Å². The molecular formula is C23H31NO4. The Kier molecular flexibility index (Phi) is 6.81. The summed E-state index contributed by atoms with van der Waals surface area (Å²) in [6, 6.07) is 14.2. The van der Waals surface area contributed by atoms with E-state index >= 15 is 0 Å². The van der Waals surface area contributed by atoms with Gasteiger partial charge >= 0.3 is 0 Å². The Bertz CT molecular complexity index is 739. The maximum atomic E-state index is 9.44. The van der Waals surface area contributed by atoms with E-state index < -0.39 is 5.54 Å². The lowest BCUT2D eigenvalue weighted by molar-refractivity contribution is 0.198. The SMILES string of the molecule is COc1cc(CCCOc2ccc([C@@H]3CC[C@](N)(CO)C3)cc2)cc(OC)c1. The van der Waals surface area contributed by atoms with Gasteiger partial charge in [0.15, 0.2) is 0 Å². The summed E-state index contributed by atoms with van der Waals surface area (Å²) in [5, 5.41) is 9.44. The van der Waals surface area contributed by atoms with Crippen LogP contribution < -0.4 is 19.9 Å². The van der Waals surface area contributed by atoms with Gasteiger partial charge < -0.3 is 25.1 Å². The summed E-state index contributed by atoms with van der Waals surface area (Å²) in [5.41, 5.74) is 8.22. The highest BCUT2D eigenvalue weighted by atomic mass is 16.5. The van der Waals surface area contributed by atoms with Crippen LogP contribution in [0, 0.1) is 0 Å². The molecule has 0 aromatic heterocycles. The minimum atomic E-state index is -0.414. The molecule has 0 heterocycles. The monoisotopic (exact) mass is 385 g/mol. The maximum absolute atomic E-state index is 9.44. The van der Waals surface area contributed by atoms with E-state index in [0.717, 1.165) is 49.4 Å². The van der Waals surface area contributed by atoms with Crippen LogP contribution in [-0.4, -0.2) is 38.1 Å². The molecule has 1 aliphatic rings. The molecule has 5 nitrogen and oxygen atoms in total. The van der Waals surface area contributed by atoms with Crippen molar-refractivity contribution in [2.45, 2.75) is 43.6 Å². The van der Waals surface area contributed by atoms with Gasteiger partial charge in [0.05, 0.1) is 27.4 Å². The third-order valence-electron chi connectivity index (χ3n) is 5.60. The second-order valence-corrected chi connectivity index (χ2v) is 7.70. The van der Waals surface area contributed by atoms with Gasteiger partial charge in [0.25, 0.3) is 0 Å². The average Bonchev–Trinajstić information content (AvgIpc) is 3.14. The molecule has 0 amide bonds. The molecule has 1 fully saturated rings. The van der Waals surface area contributed by atoms with Crippen LogP contribution >= 0.6 is 0 Å². The molecule has 0 aliphatic heterocycles. The smallest absolute Gasteiger partial charge is 0.122 e. The van der Waals surface area contributed by atoms with Crippen molar-refractivity contribution in [2.24, 2.45) is 5.73 Å². The standard InChI is InChI=1S/C23H31NO4/c1-26-21-12-17(13-22(14-21)27-2)4-3-11-28-20-7-5-18(6-8-20)19-9-10-23(24,15-19)16-25/h5-8,12-14,19,25H,3-4,9-11,15-16,24H2,1-2H3/t19-,23-/m1/s1. The maximum Gasteiger partial charge on any atom is 0.122 e. The Morgan fingerprint density at radius 1 is 1.04 bits per heavy atom. The van der Waals surface area contributed by atoms with Crippen LogP contribution in [0.4, 0.5) is 0 Å². The minimum absolute atomic E-state index is 0.0594. The van der Waals surface area contributed by atoms with Crippen molar-refractivity contribution in [3.8, 4) is 17.2 Å². The summed E-state index contributed by atoms with van der Waals surface area (Å²) in [5.74, 6) is 2.92. The lowest BCUT2D eigenvalue weighted by atomic mass is 9.94. The van der Waals surface area contributed by atoms with Gasteiger partial charge in [-0.25, -0.2) is 0 Å². The number of benzene rings is 2. The Labute approximate surface area is 167 Å². The first kappa shape index (κ1) is 20.5. The van der Waals surface area contributed by atoms with Crippen LogP contribution in [0.15, 0.2) is 42.5 Å². The number of ether oxygens (including phenoxy) is 3. The lowest BCUT2D eigenvalue weighted by Crippen LogP contribution is -2.40. The molecule has 2 aromatic rings. The van der Waals surface area contributed by atoms with Crippen molar-refractivity contribution in [3.05, 3.63) is 53.6 Å². The molecule has 2 aromatic carbocycles. The predicted molar refractivity (Wildman–Crippen MR) is 110 cm³/mol. The molecule has 0 bridgehead atoms. The van der Waals surface area contributed by atoms with Gasteiger partial charge in [-0.3, -0.25) is 0 Å². The third-order valence-corrected chi connectivity index (χ3v) is 5.60. The molecule has 0 unspecified atom stereocenters. The van der Waals surface area contributed by atoms with E-state index in [1.54, 1.807) is 14.2 Å². The Balaban J connectivity index is 1.47. The predicted octanol–water partition coefficient (Wildman–Crippen LogP) is 3.67. The van der Waals surface area contributed by atoms with E-state index in [9.17, 15) is 5.11 Å². The molecule has 5 heteroatoms. The van der Waals surface area contributed by atoms with E-state index in [-0.39, 0.29) is 6.61 Å². The third kappa shape index (κ3) is 5.18. The second-order valence-electron chi connectivity index (χ2n) is 7.70. The van der Waals surface area contributed by atoms with Crippen molar-refractivity contribution in [3.63, 3.8) is 0 Å². The van der Waals surface area contributed by atoms with Crippen LogP contribution in [0.1, 0.15) is 42.7 Å². The number of methoxy groups -OCH3 is 2. The number of nitrogens with two attached hydrogens (primary N) is 1. The molecule has 3 N–H and O–H groups in total. The lowest BCUT2D eigenvalue weighted by Gasteiger charge is -2.21. The van der Waals surface area contributed by atoms with E-state index in [4.69, 9.17) is 19.9 Å². The number of rotatable bonds is 9. The van der Waals surface area contributed by atoms with Crippen molar-refractivity contribution in [1.29, 1.82) is 0 Å². The molecule has 28 heavy (non-hydrogen) atoms. The summed E-state index contributed by atoms with van der Waals surface area (Å²) in [4.78, 5) is 0. The second kappa shape index (κ2) is 9.30. The first-order valence-corrected chi connectivity index (χ1v) is 9.90. The Hall–Kier alpha value is -2.24. The highest BCUT2D eigenvalue weighted by Crippen LogP contribution is 2.39. The molecular weight excluding hydrogens is 354 g/mol. The fourth-order valence-electron chi connectivity index (χ4n) is 3.90. The number of hydrogen-bond acceptors (Lipinski definition) is 5. The molecule has 1 saturated carbocycles.